The van der Waals surface area contributed by atoms with E-state index in [0.717, 1.165) is 48.7 Å². The Morgan fingerprint density at radius 1 is 1.40 bits per heavy atom. The molecule has 86 valence electrons. The second-order valence-corrected chi connectivity index (χ2v) is 4.36. The molecule has 0 radical (unpaired) electrons. The highest BCUT2D eigenvalue weighted by molar-refractivity contribution is 7.71. The zero-order chi connectivity index (χ0) is 11.1. The SMILES string of the molecule is CCCCc1n[nH]c(=S)n1CCCCCl. The molecule has 0 saturated heterocycles. The van der Waals surface area contributed by atoms with E-state index in [1.54, 1.807) is 0 Å². The fourth-order valence-electron chi connectivity index (χ4n) is 1.47. The highest BCUT2D eigenvalue weighted by atomic mass is 35.5. The third kappa shape index (κ3) is 3.95. The number of alkyl halides is 1. The zero-order valence-corrected chi connectivity index (χ0v) is 10.7. The normalized spacial score (nSPS) is 10.8. The second kappa shape index (κ2) is 7.01. The average molecular weight is 248 g/mol. The van der Waals surface area contributed by atoms with Gasteiger partial charge in [0.2, 0.25) is 0 Å². The van der Waals surface area contributed by atoms with Gasteiger partial charge >= 0.3 is 0 Å². The van der Waals surface area contributed by atoms with E-state index >= 15 is 0 Å². The quantitative estimate of drug-likeness (QED) is 0.456. The Labute approximate surface area is 101 Å². The van der Waals surface area contributed by atoms with E-state index in [1.807, 2.05) is 0 Å². The maximum absolute atomic E-state index is 5.65. The number of hydrogen-bond acceptors (Lipinski definition) is 2. The van der Waals surface area contributed by atoms with Crippen molar-refractivity contribution in [1.82, 2.24) is 14.8 Å². The lowest BCUT2D eigenvalue weighted by molar-refractivity contribution is 0.588. The summed E-state index contributed by atoms with van der Waals surface area (Å²) in [7, 11) is 0. The maximum atomic E-state index is 5.65. The summed E-state index contributed by atoms with van der Waals surface area (Å²) in [4.78, 5) is 0. The van der Waals surface area contributed by atoms with Crippen LogP contribution in [0.1, 0.15) is 38.4 Å². The highest BCUT2D eigenvalue weighted by Crippen LogP contribution is 2.06. The van der Waals surface area contributed by atoms with Crippen LogP contribution in [0.4, 0.5) is 0 Å². The van der Waals surface area contributed by atoms with Gasteiger partial charge in [-0.25, -0.2) is 0 Å². The lowest BCUT2D eigenvalue weighted by Gasteiger charge is -2.05. The van der Waals surface area contributed by atoms with Gasteiger partial charge in [0.25, 0.3) is 0 Å². The largest absolute Gasteiger partial charge is 0.304 e. The summed E-state index contributed by atoms with van der Waals surface area (Å²) in [6.07, 6.45) is 5.44. The summed E-state index contributed by atoms with van der Waals surface area (Å²) >= 11 is 10.8. The minimum atomic E-state index is 0.718. The molecule has 15 heavy (non-hydrogen) atoms. The number of halogens is 1. The first-order valence-corrected chi connectivity index (χ1v) is 6.44. The summed E-state index contributed by atoms with van der Waals surface area (Å²) < 4.78 is 2.83. The van der Waals surface area contributed by atoms with Crippen molar-refractivity contribution >= 4 is 23.8 Å². The number of unbranched alkanes of at least 4 members (excludes halogenated alkanes) is 2. The number of rotatable bonds is 7. The molecule has 0 amide bonds. The minimum Gasteiger partial charge on any atom is -0.304 e. The molecule has 0 unspecified atom stereocenters. The van der Waals surface area contributed by atoms with E-state index in [1.165, 1.54) is 6.42 Å². The predicted octanol–water partition coefficient (Wildman–Crippen LogP) is 3.30. The molecule has 0 spiro atoms. The Hall–Kier alpha value is -0.350. The van der Waals surface area contributed by atoms with Crippen molar-refractivity contribution in [1.29, 1.82) is 0 Å². The molecule has 5 heteroatoms. The molecule has 0 aromatic carbocycles. The van der Waals surface area contributed by atoms with E-state index in [2.05, 4.69) is 21.7 Å². The molecule has 1 rings (SSSR count). The molecule has 0 aliphatic heterocycles. The zero-order valence-electron chi connectivity index (χ0n) is 9.13. The van der Waals surface area contributed by atoms with Crippen molar-refractivity contribution in [3.05, 3.63) is 10.6 Å². The Morgan fingerprint density at radius 3 is 2.87 bits per heavy atom. The van der Waals surface area contributed by atoms with Crippen LogP contribution in [0.5, 0.6) is 0 Å². The first-order valence-electron chi connectivity index (χ1n) is 5.49. The van der Waals surface area contributed by atoms with E-state index in [4.69, 9.17) is 23.8 Å². The van der Waals surface area contributed by atoms with Crippen LogP contribution in [0.15, 0.2) is 0 Å². The molecular formula is C10H18ClN3S. The van der Waals surface area contributed by atoms with Gasteiger partial charge in [0.15, 0.2) is 4.77 Å². The monoisotopic (exact) mass is 247 g/mol. The lowest BCUT2D eigenvalue weighted by Crippen LogP contribution is -2.04. The summed E-state index contributed by atoms with van der Waals surface area (Å²) in [6, 6.07) is 0. The number of aryl methyl sites for hydroxylation is 1. The molecule has 0 saturated carbocycles. The summed E-state index contributed by atoms with van der Waals surface area (Å²) in [5.41, 5.74) is 0. The van der Waals surface area contributed by atoms with Crippen molar-refractivity contribution in [2.75, 3.05) is 5.88 Å². The predicted molar refractivity (Wildman–Crippen MR) is 66.0 cm³/mol. The first-order chi connectivity index (χ1) is 7.29. The number of nitrogens with one attached hydrogen (secondary N) is 1. The molecule has 0 bridgehead atoms. The van der Waals surface area contributed by atoms with Gasteiger partial charge in [-0.3, -0.25) is 5.10 Å². The number of aromatic nitrogens is 3. The van der Waals surface area contributed by atoms with E-state index in [9.17, 15) is 0 Å². The molecule has 0 fully saturated rings. The highest BCUT2D eigenvalue weighted by Gasteiger charge is 2.04. The lowest BCUT2D eigenvalue weighted by atomic mass is 10.2. The van der Waals surface area contributed by atoms with E-state index in [-0.39, 0.29) is 0 Å². The molecule has 1 aromatic rings. The molecular weight excluding hydrogens is 230 g/mol. The van der Waals surface area contributed by atoms with Crippen LogP contribution in [0.2, 0.25) is 0 Å². The van der Waals surface area contributed by atoms with E-state index in [0.29, 0.717) is 0 Å². The third-order valence-corrected chi connectivity index (χ3v) is 2.94. The van der Waals surface area contributed by atoms with Crippen LogP contribution in [0, 0.1) is 4.77 Å². The molecule has 1 aromatic heterocycles. The molecule has 1 N–H and O–H groups in total. The minimum absolute atomic E-state index is 0.718. The Balaban J connectivity index is 2.58. The second-order valence-electron chi connectivity index (χ2n) is 3.60. The van der Waals surface area contributed by atoms with Crippen LogP contribution in [-0.4, -0.2) is 20.6 Å². The van der Waals surface area contributed by atoms with Crippen molar-refractivity contribution in [3.8, 4) is 0 Å². The molecule has 3 nitrogen and oxygen atoms in total. The van der Waals surface area contributed by atoms with Gasteiger partial charge < -0.3 is 4.57 Å². The van der Waals surface area contributed by atoms with Gasteiger partial charge in [0, 0.05) is 18.8 Å². The van der Waals surface area contributed by atoms with Crippen molar-refractivity contribution < 1.29 is 0 Å². The average Bonchev–Trinajstić information content (AvgIpc) is 2.58. The van der Waals surface area contributed by atoms with Gasteiger partial charge in [-0.15, -0.1) is 11.6 Å². The molecule has 0 atom stereocenters. The van der Waals surface area contributed by atoms with Gasteiger partial charge in [-0.2, -0.15) is 5.10 Å². The third-order valence-electron chi connectivity index (χ3n) is 2.36. The summed E-state index contributed by atoms with van der Waals surface area (Å²) in [5, 5.41) is 7.10. The van der Waals surface area contributed by atoms with Crippen LogP contribution in [-0.2, 0) is 13.0 Å². The van der Waals surface area contributed by atoms with E-state index < -0.39 is 0 Å². The van der Waals surface area contributed by atoms with Crippen molar-refractivity contribution in [2.24, 2.45) is 0 Å². The Morgan fingerprint density at radius 2 is 2.20 bits per heavy atom. The van der Waals surface area contributed by atoms with Crippen LogP contribution in [0.3, 0.4) is 0 Å². The van der Waals surface area contributed by atoms with Crippen molar-refractivity contribution in [3.63, 3.8) is 0 Å². The summed E-state index contributed by atoms with van der Waals surface area (Å²) in [5.74, 6) is 1.80. The number of hydrogen-bond donors (Lipinski definition) is 1. The molecule has 1 heterocycles. The fraction of sp³-hybridized carbons (Fsp3) is 0.800. The van der Waals surface area contributed by atoms with Gasteiger partial charge in [-0.1, -0.05) is 13.3 Å². The molecule has 0 aliphatic carbocycles. The first kappa shape index (κ1) is 12.7. The Bertz CT molecular complexity index is 332. The van der Waals surface area contributed by atoms with Crippen LogP contribution in [0.25, 0.3) is 0 Å². The fourth-order valence-corrected chi connectivity index (χ4v) is 1.90. The molecule has 0 aliphatic rings. The standard InChI is InChI=1S/C10H18ClN3S/c1-2-3-6-9-12-13-10(15)14(9)8-5-4-7-11/h2-8H2,1H3,(H,13,15). The topological polar surface area (TPSA) is 33.6 Å². The van der Waals surface area contributed by atoms with Gasteiger partial charge in [-0.05, 0) is 31.5 Å². The smallest absolute Gasteiger partial charge is 0.195 e. The Kier molecular flexibility index (Phi) is 5.95. The van der Waals surface area contributed by atoms with Gasteiger partial charge in [0.1, 0.15) is 5.82 Å². The number of aromatic amines is 1. The summed E-state index contributed by atoms with van der Waals surface area (Å²) in [6.45, 7) is 3.11. The van der Waals surface area contributed by atoms with Crippen molar-refractivity contribution in [2.45, 2.75) is 45.6 Å². The van der Waals surface area contributed by atoms with Gasteiger partial charge in [0.05, 0.1) is 0 Å². The maximum Gasteiger partial charge on any atom is 0.195 e. The number of nitrogens with zero attached hydrogens (tertiary/aromatic N) is 2. The number of H-pyrrole nitrogens is 1. The van der Waals surface area contributed by atoms with Crippen LogP contribution < -0.4 is 0 Å². The van der Waals surface area contributed by atoms with Crippen LogP contribution >= 0.6 is 23.8 Å².